The lowest BCUT2D eigenvalue weighted by Crippen LogP contribution is -2.16. The SMILES string of the molecule is Cc1cc(F)c(C(=O)Nc2cccc(-c3nncn3CC3CC3)n2)cc1-n1cnc(C2CC2)c1. The molecule has 1 amide bonds. The summed E-state index contributed by atoms with van der Waals surface area (Å²) in [6.45, 7) is 2.67. The predicted molar refractivity (Wildman–Crippen MR) is 124 cm³/mol. The van der Waals surface area contributed by atoms with Crippen LogP contribution >= 0.6 is 0 Å². The molecule has 1 N–H and O–H groups in total. The van der Waals surface area contributed by atoms with E-state index in [1.165, 1.54) is 18.9 Å². The summed E-state index contributed by atoms with van der Waals surface area (Å²) in [5.74, 6) is 0.999. The molecule has 6 rings (SSSR count). The highest BCUT2D eigenvalue weighted by molar-refractivity contribution is 6.04. The molecule has 0 spiro atoms. The van der Waals surface area contributed by atoms with Crippen LogP contribution < -0.4 is 5.32 Å². The van der Waals surface area contributed by atoms with E-state index in [0.717, 1.165) is 36.3 Å². The molecule has 0 atom stereocenters. The number of carbonyl (C=O) groups excluding carboxylic acids is 1. The van der Waals surface area contributed by atoms with Crippen molar-refractivity contribution in [1.29, 1.82) is 0 Å². The van der Waals surface area contributed by atoms with Crippen LogP contribution in [0.15, 0.2) is 49.2 Å². The van der Waals surface area contributed by atoms with E-state index in [4.69, 9.17) is 0 Å². The Morgan fingerprint density at radius 3 is 2.82 bits per heavy atom. The van der Waals surface area contributed by atoms with Gasteiger partial charge >= 0.3 is 0 Å². The van der Waals surface area contributed by atoms with Crippen molar-refractivity contribution in [3.8, 4) is 17.2 Å². The smallest absolute Gasteiger partial charge is 0.259 e. The number of anilines is 1. The Balaban J connectivity index is 1.25. The van der Waals surface area contributed by atoms with E-state index in [9.17, 15) is 9.18 Å². The highest BCUT2D eigenvalue weighted by atomic mass is 19.1. The van der Waals surface area contributed by atoms with Gasteiger partial charge in [0, 0.05) is 18.7 Å². The molecule has 34 heavy (non-hydrogen) atoms. The molecule has 4 aromatic rings. The van der Waals surface area contributed by atoms with Crippen molar-refractivity contribution in [2.45, 2.75) is 45.1 Å². The maximum absolute atomic E-state index is 14.8. The number of aromatic nitrogens is 6. The second-order valence-electron chi connectivity index (χ2n) is 9.21. The molecule has 3 heterocycles. The largest absolute Gasteiger partial charge is 0.312 e. The van der Waals surface area contributed by atoms with Crippen molar-refractivity contribution in [2.24, 2.45) is 5.92 Å². The maximum atomic E-state index is 14.8. The van der Waals surface area contributed by atoms with Gasteiger partial charge in [-0.05, 0) is 68.4 Å². The fourth-order valence-electron chi connectivity index (χ4n) is 4.15. The van der Waals surface area contributed by atoms with Crippen LogP contribution in [0, 0.1) is 18.7 Å². The van der Waals surface area contributed by atoms with Gasteiger partial charge < -0.3 is 14.5 Å². The molecule has 0 unspecified atom stereocenters. The third-order valence-electron chi connectivity index (χ3n) is 6.39. The molecule has 2 saturated carbocycles. The number of halogens is 1. The molecule has 8 nitrogen and oxygen atoms in total. The lowest BCUT2D eigenvalue weighted by atomic mass is 10.1. The minimum Gasteiger partial charge on any atom is -0.312 e. The first kappa shape index (κ1) is 20.7. The fraction of sp³-hybridized carbons (Fsp3) is 0.320. The molecule has 9 heteroatoms. The lowest BCUT2D eigenvalue weighted by molar-refractivity contribution is 0.102. The van der Waals surface area contributed by atoms with Crippen LogP contribution in [-0.4, -0.2) is 35.2 Å². The van der Waals surface area contributed by atoms with Crippen molar-refractivity contribution in [2.75, 3.05) is 5.32 Å². The standard InChI is InChI=1S/C25H24FN7O/c1-15-9-19(26)18(10-22(15)32-12-21(27-13-32)17-7-8-17)25(34)30-23-4-2-3-20(29-23)24-31-28-14-33(24)11-16-5-6-16/h2-4,9-10,12-14,16-17H,5-8,11H2,1H3,(H,29,30,34). The molecule has 3 aromatic heterocycles. The highest BCUT2D eigenvalue weighted by Crippen LogP contribution is 2.39. The summed E-state index contributed by atoms with van der Waals surface area (Å²) in [5, 5.41) is 11.0. The van der Waals surface area contributed by atoms with Gasteiger partial charge in [-0.15, -0.1) is 10.2 Å². The van der Waals surface area contributed by atoms with E-state index in [-0.39, 0.29) is 5.56 Å². The van der Waals surface area contributed by atoms with E-state index in [1.807, 2.05) is 28.3 Å². The normalized spacial score (nSPS) is 15.5. The van der Waals surface area contributed by atoms with Gasteiger partial charge in [0.2, 0.25) is 0 Å². The molecule has 0 bridgehead atoms. The Kier molecular flexibility index (Phi) is 4.97. The number of aryl methyl sites for hydroxylation is 1. The summed E-state index contributed by atoms with van der Waals surface area (Å²) in [7, 11) is 0. The quantitative estimate of drug-likeness (QED) is 0.441. The van der Waals surface area contributed by atoms with E-state index in [1.54, 1.807) is 30.9 Å². The molecule has 0 aliphatic heterocycles. The van der Waals surface area contributed by atoms with Crippen LogP contribution in [0.3, 0.4) is 0 Å². The molecule has 1 aromatic carbocycles. The van der Waals surface area contributed by atoms with E-state index in [0.29, 0.717) is 29.2 Å². The Labute approximate surface area is 195 Å². The second kappa shape index (κ2) is 8.16. The Morgan fingerprint density at radius 1 is 1.18 bits per heavy atom. The zero-order valence-corrected chi connectivity index (χ0v) is 18.8. The summed E-state index contributed by atoms with van der Waals surface area (Å²) in [5.41, 5.74) is 3.04. The van der Waals surface area contributed by atoms with Crippen LogP contribution in [0.1, 0.15) is 53.2 Å². The Bertz CT molecular complexity index is 1380. The van der Waals surface area contributed by atoms with Crippen molar-refractivity contribution >= 4 is 11.7 Å². The first-order valence-electron chi connectivity index (χ1n) is 11.6. The van der Waals surface area contributed by atoms with Gasteiger partial charge in [-0.25, -0.2) is 14.4 Å². The number of nitrogens with zero attached hydrogens (tertiary/aromatic N) is 6. The third kappa shape index (κ3) is 4.09. The first-order chi connectivity index (χ1) is 16.5. The molecular weight excluding hydrogens is 433 g/mol. The van der Waals surface area contributed by atoms with Gasteiger partial charge in [0.1, 0.15) is 23.7 Å². The molecule has 0 radical (unpaired) electrons. The number of rotatable bonds is 7. The highest BCUT2D eigenvalue weighted by Gasteiger charge is 2.26. The average molecular weight is 458 g/mol. The number of pyridine rings is 1. The van der Waals surface area contributed by atoms with Gasteiger partial charge in [-0.1, -0.05) is 6.07 Å². The Morgan fingerprint density at radius 2 is 2.03 bits per heavy atom. The lowest BCUT2D eigenvalue weighted by Gasteiger charge is -2.12. The van der Waals surface area contributed by atoms with Gasteiger partial charge in [0.25, 0.3) is 5.91 Å². The number of benzene rings is 1. The van der Waals surface area contributed by atoms with Crippen molar-refractivity contribution in [3.63, 3.8) is 0 Å². The summed E-state index contributed by atoms with van der Waals surface area (Å²) in [6.07, 6.45) is 10.1. The topological polar surface area (TPSA) is 90.5 Å². The molecule has 2 fully saturated rings. The monoisotopic (exact) mass is 457 g/mol. The zero-order chi connectivity index (χ0) is 23.2. The summed E-state index contributed by atoms with van der Waals surface area (Å²) < 4.78 is 18.6. The summed E-state index contributed by atoms with van der Waals surface area (Å²) >= 11 is 0. The van der Waals surface area contributed by atoms with Gasteiger partial charge in [-0.2, -0.15) is 0 Å². The van der Waals surface area contributed by atoms with Crippen LogP contribution in [0.5, 0.6) is 0 Å². The average Bonchev–Trinajstić information content (AvgIpc) is 3.73. The fourth-order valence-corrected chi connectivity index (χ4v) is 4.15. The molecular formula is C25H24FN7O. The Hall–Kier alpha value is -3.88. The number of carbonyl (C=O) groups is 1. The number of nitrogens with one attached hydrogen (secondary N) is 1. The zero-order valence-electron chi connectivity index (χ0n) is 18.8. The van der Waals surface area contributed by atoms with Gasteiger partial charge in [-0.3, -0.25) is 4.79 Å². The predicted octanol–water partition coefficient (Wildman–Crippen LogP) is 4.51. The van der Waals surface area contributed by atoms with E-state index in [2.05, 4.69) is 25.5 Å². The van der Waals surface area contributed by atoms with Crippen molar-refractivity contribution < 1.29 is 9.18 Å². The number of amides is 1. The molecule has 172 valence electrons. The second-order valence-corrected chi connectivity index (χ2v) is 9.21. The third-order valence-corrected chi connectivity index (χ3v) is 6.39. The van der Waals surface area contributed by atoms with Gasteiger partial charge in [0.05, 0.1) is 23.3 Å². The minimum atomic E-state index is -0.582. The van der Waals surface area contributed by atoms with E-state index < -0.39 is 11.7 Å². The summed E-state index contributed by atoms with van der Waals surface area (Å²) in [6, 6.07) is 8.23. The molecule has 2 aliphatic rings. The molecule has 0 saturated heterocycles. The van der Waals surface area contributed by atoms with Crippen molar-refractivity contribution in [1.82, 2.24) is 29.3 Å². The maximum Gasteiger partial charge on any atom is 0.259 e. The number of hydrogen-bond acceptors (Lipinski definition) is 5. The summed E-state index contributed by atoms with van der Waals surface area (Å²) in [4.78, 5) is 22.0. The van der Waals surface area contributed by atoms with Gasteiger partial charge in [0.15, 0.2) is 5.82 Å². The van der Waals surface area contributed by atoms with Crippen LogP contribution in [0.4, 0.5) is 10.2 Å². The van der Waals surface area contributed by atoms with E-state index >= 15 is 0 Å². The van der Waals surface area contributed by atoms with Crippen LogP contribution in [0.2, 0.25) is 0 Å². The number of imidazole rings is 1. The van der Waals surface area contributed by atoms with Crippen molar-refractivity contribution in [3.05, 3.63) is 71.8 Å². The van der Waals surface area contributed by atoms with Crippen LogP contribution in [0.25, 0.3) is 17.2 Å². The minimum absolute atomic E-state index is 0.0497. The molecule has 2 aliphatic carbocycles. The van der Waals surface area contributed by atoms with Crippen LogP contribution in [-0.2, 0) is 6.54 Å². The first-order valence-corrected chi connectivity index (χ1v) is 11.6. The number of hydrogen-bond donors (Lipinski definition) is 1.